The minimum absolute atomic E-state index is 0.211. The minimum atomic E-state index is -1.76. The minimum Gasteiger partial charge on any atom is -0.480 e. The zero-order chi connectivity index (χ0) is 12.6. The van der Waals surface area contributed by atoms with Gasteiger partial charge in [0.1, 0.15) is 5.54 Å². The zero-order valence-electron chi connectivity index (χ0n) is 9.12. The van der Waals surface area contributed by atoms with E-state index in [1.54, 1.807) is 0 Å². The van der Waals surface area contributed by atoms with Crippen LogP contribution >= 0.6 is 0 Å². The van der Waals surface area contributed by atoms with Crippen LogP contribution in [0.5, 0.6) is 0 Å². The fourth-order valence-corrected chi connectivity index (χ4v) is 1.89. The SMILES string of the molecule is C=C1CCC(N[C@](C)(N)C(=O)O)(C(=O)O)C1. The Hall–Kier alpha value is -1.40. The summed E-state index contributed by atoms with van der Waals surface area (Å²) < 4.78 is 0. The zero-order valence-corrected chi connectivity index (χ0v) is 9.12. The first kappa shape index (κ1) is 12.7. The van der Waals surface area contributed by atoms with E-state index in [2.05, 4.69) is 11.9 Å². The van der Waals surface area contributed by atoms with Crippen molar-refractivity contribution in [1.29, 1.82) is 0 Å². The lowest BCUT2D eigenvalue weighted by atomic mass is 9.95. The maximum Gasteiger partial charge on any atom is 0.338 e. The molecule has 5 N–H and O–H groups in total. The first-order chi connectivity index (χ1) is 7.19. The van der Waals surface area contributed by atoms with E-state index in [-0.39, 0.29) is 6.42 Å². The van der Waals surface area contributed by atoms with E-state index < -0.39 is 23.1 Å². The monoisotopic (exact) mass is 228 g/mol. The number of hydrogen-bond acceptors (Lipinski definition) is 4. The van der Waals surface area contributed by atoms with Gasteiger partial charge in [0, 0.05) is 0 Å². The van der Waals surface area contributed by atoms with E-state index in [0.717, 1.165) is 5.57 Å². The lowest BCUT2D eigenvalue weighted by Gasteiger charge is -2.33. The molecule has 1 fully saturated rings. The molecule has 1 saturated carbocycles. The van der Waals surface area contributed by atoms with Gasteiger partial charge in [-0.05, 0) is 26.2 Å². The van der Waals surface area contributed by atoms with Gasteiger partial charge >= 0.3 is 11.9 Å². The molecule has 16 heavy (non-hydrogen) atoms. The molecule has 90 valence electrons. The van der Waals surface area contributed by atoms with Gasteiger partial charge in [-0.1, -0.05) is 12.2 Å². The third-order valence-electron chi connectivity index (χ3n) is 2.81. The smallest absolute Gasteiger partial charge is 0.338 e. The number of hydrogen-bond donors (Lipinski definition) is 4. The van der Waals surface area contributed by atoms with Crippen molar-refractivity contribution in [3.63, 3.8) is 0 Å². The summed E-state index contributed by atoms with van der Waals surface area (Å²) in [6, 6.07) is 0. The van der Waals surface area contributed by atoms with Crippen molar-refractivity contribution in [2.75, 3.05) is 0 Å². The van der Waals surface area contributed by atoms with Crippen LogP contribution in [0, 0.1) is 0 Å². The van der Waals surface area contributed by atoms with E-state index in [4.69, 9.17) is 10.8 Å². The number of aliphatic carboxylic acids is 2. The van der Waals surface area contributed by atoms with Crippen molar-refractivity contribution >= 4 is 11.9 Å². The lowest BCUT2D eigenvalue weighted by molar-refractivity contribution is -0.150. The van der Waals surface area contributed by atoms with E-state index >= 15 is 0 Å². The second-order valence-corrected chi connectivity index (χ2v) is 4.45. The van der Waals surface area contributed by atoms with Crippen LogP contribution in [0.15, 0.2) is 12.2 Å². The summed E-state index contributed by atoms with van der Waals surface area (Å²) in [4.78, 5) is 22.1. The number of nitrogens with one attached hydrogen (secondary N) is 1. The highest BCUT2D eigenvalue weighted by molar-refractivity contribution is 5.83. The normalized spacial score (nSPS) is 28.8. The van der Waals surface area contributed by atoms with Gasteiger partial charge in [0.25, 0.3) is 0 Å². The fraction of sp³-hybridized carbons (Fsp3) is 0.600. The summed E-state index contributed by atoms with van der Waals surface area (Å²) in [6.07, 6.45) is 1.08. The van der Waals surface area contributed by atoms with Crippen LogP contribution in [-0.4, -0.2) is 33.4 Å². The Morgan fingerprint density at radius 2 is 2.12 bits per heavy atom. The van der Waals surface area contributed by atoms with Crippen molar-refractivity contribution in [2.45, 2.75) is 37.4 Å². The van der Waals surface area contributed by atoms with Crippen LogP contribution in [-0.2, 0) is 9.59 Å². The Morgan fingerprint density at radius 3 is 2.44 bits per heavy atom. The molecule has 0 bridgehead atoms. The fourth-order valence-electron chi connectivity index (χ4n) is 1.89. The second kappa shape index (κ2) is 3.88. The van der Waals surface area contributed by atoms with Crippen LogP contribution < -0.4 is 11.1 Å². The highest BCUT2D eigenvalue weighted by Crippen LogP contribution is 2.34. The summed E-state index contributed by atoms with van der Waals surface area (Å²) in [5.41, 5.74) is 3.22. The molecule has 1 rings (SSSR count). The molecule has 6 nitrogen and oxygen atoms in total. The summed E-state index contributed by atoms with van der Waals surface area (Å²) in [7, 11) is 0. The Bertz CT molecular complexity index is 351. The molecule has 0 aromatic carbocycles. The summed E-state index contributed by atoms with van der Waals surface area (Å²) in [5, 5.41) is 20.6. The molecule has 0 radical (unpaired) electrons. The average Bonchev–Trinajstić information content (AvgIpc) is 2.47. The number of carboxylic acids is 2. The summed E-state index contributed by atoms with van der Waals surface area (Å²) >= 11 is 0. The van der Waals surface area contributed by atoms with Crippen molar-refractivity contribution < 1.29 is 19.8 Å². The standard InChI is InChI=1S/C10H16N2O4/c1-6-3-4-10(5-6,8(15)16)12-9(2,11)7(13)14/h12H,1,3-5,11H2,2H3,(H,13,14)(H,15,16)/t9-,10?/m0/s1. The molecule has 0 aromatic rings. The first-order valence-corrected chi connectivity index (χ1v) is 4.91. The summed E-state index contributed by atoms with van der Waals surface area (Å²) in [6.45, 7) is 4.95. The molecule has 0 amide bonds. The highest BCUT2D eigenvalue weighted by Gasteiger charge is 2.48. The molecule has 1 unspecified atom stereocenters. The van der Waals surface area contributed by atoms with Crippen molar-refractivity contribution in [3.8, 4) is 0 Å². The molecule has 0 spiro atoms. The van der Waals surface area contributed by atoms with Crippen LogP contribution in [0.4, 0.5) is 0 Å². The topological polar surface area (TPSA) is 113 Å². The quantitative estimate of drug-likeness (QED) is 0.395. The number of nitrogens with two attached hydrogens (primary N) is 1. The molecule has 0 heterocycles. The van der Waals surface area contributed by atoms with Gasteiger partial charge in [-0.2, -0.15) is 0 Å². The third kappa shape index (κ3) is 2.23. The predicted octanol–water partition coefficient (Wildman–Crippen LogP) is -0.101. The molecule has 0 saturated heterocycles. The summed E-state index contributed by atoms with van der Waals surface area (Å²) in [5.74, 6) is -2.38. The molecule has 1 aliphatic rings. The van der Waals surface area contributed by atoms with Crippen LogP contribution in [0.2, 0.25) is 0 Å². The van der Waals surface area contributed by atoms with E-state index in [1.165, 1.54) is 6.92 Å². The van der Waals surface area contributed by atoms with Gasteiger partial charge in [-0.15, -0.1) is 0 Å². The lowest BCUT2D eigenvalue weighted by Crippen LogP contribution is -2.67. The highest BCUT2D eigenvalue weighted by atomic mass is 16.4. The van der Waals surface area contributed by atoms with E-state index in [9.17, 15) is 14.7 Å². The molecule has 0 aromatic heterocycles. The number of carbonyl (C=O) groups is 2. The molecular weight excluding hydrogens is 212 g/mol. The van der Waals surface area contributed by atoms with Crippen molar-refractivity contribution in [3.05, 3.63) is 12.2 Å². The van der Waals surface area contributed by atoms with Crippen molar-refractivity contribution in [2.24, 2.45) is 5.73 Å². The van der Waals surface area contributed by atoms with Gasteiger partial charge in [-0.25, -0.2) is 4.79 Å². The Labute approximate surface area is 93.1 Å². The molecule has 1 aliphatic carbocycles. The largest absolute Gasteiger partial charge is 0.480 e. The average molecular weight is 228 g/mol. The van der Waals surface area contributed by atoms with Crippen LogP contribution in [0.1, 0.15) is 26.2 Å². The van der Waals surface area contributed by atoms with Gasteiger partial charge in [0.2, 0.25) is 0 Å². The maximum absolute atomic E-state index is 11.2. The first-order valence-electron chi connectivity index (χ1n) is 4.91. The van der Waals surface area contributed by atoms with Crippen LogP contribution in [0.25, 0.3) is 0 Å². The Balaban J connectivity index is 2.94. The second-order valence-electron chi connectivity index (χ2n) is 4.45. The third-order valence-corrected chi connectivity index (χ3v) is 2.81. The molecule has 2 atom stereocenters. The molecular formula is C10H16N2O4. The number of rotatable bonds is 4. The van der Waals surface area contributed by atoms with Gasteiger partial charge in [0.15, 0.2) is 5.66 Å². The van der Waals surface area contributed by atoms with E-state index in [0.29, 0.717) is 12.8 Å². The van der Waals surface area contributed by atoms with Gasteiger partial charge in [0.05, 0.1) is 0 Å². The van der Waals surface area contributed by atoms with E-state index in [1.807, 2.05) is 0 Å². The molecule has 6 heteroatoms. The van der Waals surface area contributed by atoms with Gasteiger partial charge in [-0.3, -0.25) is 10.1 Å². The predicted molar refractivity (Wildman–Crippen MR) is 56.7 cm³/mol. The Kier molecular flexibility index (Phi) is 3.07. The van der Waals surface area contributed by atoms with Crippen LogP contribution in [0.3, 0.4) is 0 Å². The molecule has 0 aliphatic heterocycles. The maximum atomic E-state index is 11.2. The van der Waals surface area contributed by atoms with Gasteiger partial charge < -0.3 is 15.9 Å². The van der Waals surface area contributed by atoms with Crippen molar-refractivity contribution in [1.82, 2.24) is 5.32 Å². The Morgan fingerprint density at radius 1 is 1.56 bits per heavy atom. The number of carboxylic acid groups (broad SMARTS) is 2.